The molecule has 1 aliphatic rings. The topological polar surface area (TPSA) is 28.7 Å². The van der Waals surface area contributed by atoms with Crippen LogP contribution in [0.25, 0.3) is 0 Å². The van der Waals surface area contributed by atoms with Gasteiger partial charge in [-0.05, 0) is 30.4 Å². The molecule has 0 radical (unpaired) electrons. The molecule has 0 atom stereocenters. The van der Waals surface area contributed by atoms with Crippen LogP contribution >= 0.6 is 0 Å². The standard InChI is InChI=1S/C15H18N2/c1-2-7-15(14-10-16-11-17-14)8-12-5-3-4-6-13(12)9-15/h3-6,10-11H,2,7-9H2,1H3,(H,16,17). The Kier molecular flexibility index (Phi) is 2.50. The third kappa shape index (κ3) is 1.68. The molecule has 2 aromatic rings. The SMILES string of the molecule is CCCC1(c2cnc[nH]2)Cc2ccccc2C1. The minimum atomic E-state index is 0.259. The summed E-state index contributed by atoms with van der Waals surface area (Å²) in [5.41, 5.74) is 4.58. The molecule has 0 spiro atoms. The van der Waals surface area contributed by atoms with Crippen LogP contribution in [0.15, 0.2) is 36.8 Å². The second kappa shape index (κ2) is 4.02. The summed E-state index contributed by atoms with van der Waals surface area (Å²) >= 11 is 0. The van der Waals surface area contributed by atoms with E-state index in [4.69, 9.17) is 0 Å². The summed E-state index contributed by atoms with van der Waals surface area (Å²) < 4.78 is 0. The van der Waals surface area contributed by atoms with Crippen molar-refractivity contribution >= 4 is 0 Å². The van der Waals surface area contributed by atoms with Crippen molar-refractivity contribution in [2.45, 2.75) is 38.0 Å². The van der Waals surface area contributed by atoms with Crippen LogP contribution < -0.4 is 0 Å². The number of aromatic nitrogens is 2. The number of nitrogens with one attached hydrogen (secondary N) is 1. The monoisotopic (exact) mass is 226 g/mol. The lowest BCUT2D eigenvalue weighted by Gasteiger charge is -2.27. The quantitative estimate of drug-likeness (QED) is 0.855. The molecule has 2 nitrogen and oxygen atoms in total. The van der Waals surface area contributed by atoms with Gasteiger partial charge in [0.15, 0.2) is 0 Å². The number of benzene rings is 1. The first-order valence-electron chi connectivity index (χ1n) is 6.40. The van der Waals surface area contributed by atoms with Gasteiger partial charge in [-0.15, -0.1) is 0 Å². The Morgan fingerprint density at radius 1 is 1.24 bits per heavy atom. The molecule has 0 saturated heterocycles. The van der Waals surface area contributed by atoms with Gasteiger partial charge in [0, 0.05) is 17.3 Å². The predicted molar refractivity (Wildman–Crippen MR) is 69.0 cm³/mol. The van der Waals surface area contributed by atoms with E-state index in [-0.39, 0.29) is 5.41 Å². The first kappa shape index (κ1) is 10.6. The van der Waals surface area contributed by atoms with Crippen molar-refractivity contribution < 1.29 is 0 Å². The highest BCUT2D eigenvalue weighted by Crippen LogP contribution is 2.42. The summed E-state index contributed by atoms with van der Waals surface area (Å²) in [5, 5.41) is 0. The lowest BCUT2D eigenvalue weighted by molar-refractivity contribution is 0.399. The van der Waals surface area contributed by atoms with Crippen LogP contribution in [0.4, 0.5) is 0 Å². The Bertz CT molecular complexity index is 474. The van der Waals surface area contributed by atoms with Gasteiger partial charge in [-0.2, -0.15) is 0 Å². The number of H-pyrrole nitrogens is 1. The van der Waals surface area contributed by atoms with E-state index in [1.54, 1.807) is 6.33 Å². The number of fused-ring (bicyclic) bond motifs is 1. The maximum atomic E-state index is 4.20. The summed E-state index contributed by atoms with van der Waals surface area (Å²) in [6.45, 7) is 2.26. The Labute approximate surface area is 102 Å². The lowest BCUT2D eigenvalue weighted by Crippen LogP contribution is -2.27. The number of imidazole rings is 1. The van der Waals surface area contributed by atoms with Gasteiger partial charge in [0.25, 0.3) is 0 Å². The van der Waals surface area contributed by atoms with Crippen LogP contribution in [-0.2, 0) is 18.3 Å². The smallest absolute Gasteiger partial charge is 0.0921 e. The van der Waals surface area contributed by atoms with E-state index >= 15 is 0 Å². The minimum absolute atomic E-state index is 0.259. The van der Waals surface area contributed by atoms with E-state index in [0.717, 1.165) is 12.8 Å². The number of hydrogen-bond acceptors (Lipinski definition) is 1. The fourth-order valence-corrected chi connectivity index (χ4v) is 3.22. The molecule has 1 aromatic carbocycles. The number of hydrogen-bond donors (Lipinski definition) is 1. The maximum Gasteiger partial charge on any atom is 0.0921 e. The summed E-state index contributed by atoms with van der Waals surface area (Å²) in [5.74, 6) is 0. The zero-order valence-corrected chi connectivity index (χ0v) is 10.2. The number of nitrogens with zero attached hydrogens (tertiary/aromatic N) is 1. The first-order chi connectivity index (χ1) is 8.34. The zero-order valence-electron chi connectivity index (χ0n) is 10.2. The Morgan fingerprint density at radius 2 is 1.94 bits per heavy atom. The molecule has 0 amide bonds. The predicted octanol–water partition coefficient (Wildman–Crippen LogP) is 3.25. The third-order valence-corrected chi connectivity index (χ3v) is 3.97. The first-order valence-corrected chi connectivity index (χ1v) is 6.40. The van der Waals surface area contributed by atoms with Gasteiger partial charge in [0.2, 0.25) is 0 Å². The molecule has 3 rings (SSSR count). The molecule has 17 heavy (non-hydrogen) atoms. The summed E-state index contributed by atoms with van der Waals surface area (Å²) in [7, 11) is 0. The molecule has 1 aromatic heterocycles. The molecule has 2 heteroatoms. The fourth-order valence-electron chi connectivity index (χ4n) is 3.22. The highest BCUT2D eigenvalue weighted by molar-refractivity contribution is 5.39. The molecule has 0 fully saturated rings. The van der Waals surface area contributed by atoms with Gasteiger partial charge in [0.1, 0.15) is 0 Å². The van der Waals surface area contributed by atoms with E-state index in [1.165, 1.54) is 29.7 Å². The normalized spacial score (nSPS) is 17.0. The lowest BCUT2D eigenvalue weighted by atomic mass is 9.78. The Hall–Kier alpha value is -1.57. The molecule has 1 heterocycles. The van der Waals surface area contributed by atoms with Crippen LogP contribution in [0.1, 0.15) is 36.6 Å². The van der Waals surface area contributed by atoms with E-state index in [2.05, 4.69) is 41.2 Å². The van der Waals surface area contributed by atoms with Crippen molar-refractivity contribution in [2.75, 3.05) is 0 Å². The molecule has 1 N–H and O–H groups in total. The molecule has 0 saturated carbocycles. The largest absolute Gasteiger partial charge is 0.348 e. The molecule has 0 unspecified atom stereocenters. The zero-order chi connectivity index (χ0) is 11.7. The van der Waals surface area contributed by atoms with Crippen LogP contribution in [0.2, 0.25) is 0 Å². The molecule has 0 aliphatic heterocycles. The van der Waals surface area contributed by atoms with Crippen molar-refractivity contribution in [3.8, 4) is 0 Å². The second-order valence-electron chi connectivity index (χ2n) is 5.12. The second-order valence-corrected chi connectivity index (χ2v) is 5.12. The third-order valence-electron chi connectivity index (χ3n) is 3.97. The van der Waals surface area contributed by atoms with Gasteiger partial charge >= 0.3 is 0 Å². The minimum Gasteiger partial charge on any atom is -0.348 e. The van der Waals surface area contributed by atoms with E-state index < -0.39 is 0 Å². The van der Waals surface area contributed by atoms with Gasteiger partial charge < -0.3 is 4.98 Å². The highest BCUT2D eigenvalue weighted by Gasteiger charge is 2.38. The Balaban J connectivity index is 2.01. The van der Waals surface area contributed by atoms with Crippen molar-refractivity contribution in [3.05, 3.63) is 53.6 Å². The average Bonchev–Trinajstić information content (AvgIpc) is 2.96. The molecule has 1 aliphatic carbocycles. The number of aromatic amines is 1. The van der Waals surface area contributed by atoms with Gasteiger partial charge in [-0.1, -0.05) is 37.6 Å². The van der Waals surface area contributed by atoms with Crippen molar-refractivity contribution in [3.63, 3.8) is 0 Å². The highest BCUT2D eigenvalue weighted by atomic mass is 14.9. The number of rotatable bonds is 3. The van der Waals surface area contributed by atoms with Crippen molar-refractivity contribution in [1.82, 2.24) is 9.97 Å². The Morgan fingerprint density at radius 3 is 2.47 bits per heavy atom. The fraction of sp³-hybridized carbons (Fsp3) is 0.400. The van der Waals surface area contributed by atoms with E-state index in [1.807, 2.05) is 6.20 Å². The van der Waals surface area contributed by atoms with Gasteiger partial charge in [0.05, 0.1) is 6.33 Å². The summed E-state index contributed by atoms with van der Waals surface area (Å²) in [4.78, 5) is 7.53. The molecular formula is C15H18N2. The van der Waals surface area contributed by atoms with E-state index in [9.17, 15) is 0 Å². The maximum absolute atomic E-state index is 4.20. The van der Waals surface area contributed by atoms with Crippen molar-refractivity contribution in [1.29, 1.82) is 0 Å². The van der Waals surface area contributed by atoms with Crippen LogP contribution in [0.5, 0.6) is 0 Å². The molecule has 88 valence electrons. The van der Waals surface area contributed by atoms with Crippen LogP contribution in [0, 0.1) is 0 Å². The van der Waals surface area contributed by atoms with Crippen LogP contribution in [0.3, 0.4) is 0 Å². The van der Waals surface area contributed by atoms with Crippen molar-refractivity contribution in [2.24, 2.45) is 0 Å². The molecule has 0 bridgehead atoms. The summed E-state index contributed by atoms with van der Waals surface area (Å²) in [6, 6.07) is 8.83. The van der Waals surface area contributed by atoms with Gasteiger partial charge in [-0.3, -0.25) is 0 Å². The van der Waals surface area contributed by atoms with E-state index in [0.29, 0.717) is 0 Å². The van der Waals surface area contributed by atoms with Crippen LogP contribution in [-0.4, -0.2) is 9.97 Å². The average molecular weight is 226 g/mol. The summed E-state index contributed by atoms with van der Waals surface area (Å²) in [6.07, 6.45) is 8.55. The van der Waals surface area contributed by atoms with Gasteiger partial charge in [-0.25, -0.2) is 4.98 Å². The molecular weight excluding hydrogens is 208 g/mol.